The number of thiophene rings is 1. The van der Waals surface area contributed by atoms with Gasteiger partial charge >= 0.3 is 0 Å². The molecule has 1 atom stereocenters. The molecule has 19 heavy (non-hydrogen) atoms. The van der Waals surface area contributed by atoms with Gasteiger partial charge in [-0.15, -0.1) is 11.3 Å². The minimum atomic E-state index is -2.95. The first-order chi connectivity index (χ1) is 8.84. The molecule has 0 radical (unpaired) electrons. The third-order valence-corrected chi connectivity index (χ3v) is 6.52. The van der Waals surface area contributed by atoms with Crippen LogP contribution in [-0.2, 0) is 16.3 Å². The van der Waals surface area contributed by atoms with Crippen molar-refractivity contribution in [2.45, 2.75) is 32.7 Å². The molecule has 1 fully saturated rings. The molecule has 0 unspecified atom stereocenters. The van der Waals surface area contributed by atoms with Crippen LogP contribution in [0.5, 0.6) is 0 Å². The number of sulfone groups is 1. The Morgan fingerprint density at radius 3 is 2.68 bits per heavy atom. The lowest BCUT2D eigenvalue weighted by Crippen LogP contribution is -2.37. The van der Waals surface area contributed by atoms with Gasteiger partial charge in [-0.2, -0.15) is 0 Å². The van der Waals surface area contributed by atoms with Gasteiger partial charge in [0.2, 0.25) is 0 Å². The molecule has 1 amide bonds. The van der Waals surface area contributed by atoms with E-state index < -0.39 is 9.84 Å². The van der Waals surface area contributed by atoms with Crippen LogP contribution in [0.1, 0.15) is 33.5 Å². The van der Waals surface area contributed by atoms with Crippen molar-refractivity contribution < 1.29 is 13.2 Å². The van der Waals surface area contributed by atoms with E-state index in [1.807, 2.05) is 13.0 Å². The molecule has 1 aromatic rings. The van der Waals surface area contributed by atoms with Crippen LogP contribution in [0.4, 0.5) is 0 Å². The van der Waals surface area contributed by atoms with Gasteiger partial charge in [-0.1, -0.05) is 6.92 Å². The summed E-state index contributed by atoms with van der Waals surface area (Å²) in [6.07, 6.45) is 1.46. The number of rotatable bonds is 3. The van der Waals surface area contributed by atoms with E-state index in [2.05, 4.69) is 6.92 Å². The lowest BCUT2D eigenvalue weighted by atomic mass is 10.2. The Labute approximate surface area is 118 Å². The van der Waals surface area contributed by atoms with Crippen LogP contribution < -0.4 is 0 Å². The average Bonchev–Trinajstić information content (AvgIpc) is 2.90. The maximum Gasteiger partial charge on any atom is 0.263 e. The Balaban J connectivity index is 2.15. The molecule has 2 heterocycles. The van der Waals surface area contributed by atoms with Gasteiger partial charge in [0.25, 0.3) is 5.91 Å². The van der Waals surface area contributed by atoms with Crippen molar-refractivity contribution in [1.29, 1.82) is 0 Å². The highest BCUT2D eigenvalue weighted by Crippen LogP contribution is 2.25. The highest BCUT2D eigenvalue weighted by Gasteiger charge is 2.33. The number of nitrogens with zero attached hydrogens (tertiary/aromatic N) is 1. The number of carbonyl (C=O) groups is 1. The van der Waals surface area contributed by atoms with Gasteiger partial charge in [-0.3, -0.25) is 4.79 Å². The standard InChI is InChI=1S/C13H19NO3S2/c1-4-10-7-12(18-9(10)2)13(15)14(3)11-5-6-19(16,17)8-11/h7,11H,4-6,8H2,1-3H3/t11-/m1/s1. The normalized spacial score (nSPS) is 21.5. The first-order valence-electron chi connectivity index (χ1n) is 6.41. The number of hydrogen-bond donors (Lipinski definition) is 0. The first-order valence-corrected chi connectivity index (χ1v) is 9.04. The molecule has 0 aromatic carbocycles. The van der Waals surface area contributed by atoms with Crippen LogP contribution in [0.2, 0.25) is 0 Å². The molecule has 0 spiro atoms. The van der Waals surface area contributed by atoms with E-state index in [9.17, 15) is 13.2 Å². The lowest BCUT2D eigenvalue weighted by molar-refractivity contribution is 0.0752. The Kier molecular flexibility index (Phi) is 4.01. The van der Waals surface area contributed by atoms with Gasteiger partial charge < -0.3 is 4.90 Å². The molecule has 1 aliphatic rings. The van der Waals surface area contributed by atoms with Crippen molar-refractivity contribution in [2.24, 2.45) is 0 Å². The van der Waals surface area contributed by atoms with E-state index in [4.69, 9.17) is 0 Å². The summed E-state index contributed by atoms with van der Waals surface area (Å²) in [5.74, 6) is 0.231. The summed E-state index contributed by atoms with van der Waals surface area (Å²) in [6, 6.07) is 1.76. The third-order valence-electron chi connectivity index (χ3n) is 3.69. The zero-order valence-corrected chi connectivity index (χ0v) is 13.1. The smallest absolute Gasteiger partial charge is 0.263 e. The topological polar surface area (TPSA) is 54.5 Å². The van der Waals surface area contributed by atoms with Crippen molar-refractivity contribution in [1.82, 2.24) is 4.90 Å². The summed E-state index contributed by atoms with van der Waals surface area (Å²) in [7, 11) is -1.25. The fourth-order valence-corrected chi connectivity index (χ4v) is 5.27. The molecule has 1 aliphatic heterocycles. The molecular weight excluding hydrogens is 282 g/mol. The van der Waals surface area contributed by atoms with Gasteiger partial charge in [0, 0.05) is 18.0 Å². The van der Waals surface area contributed by atoms with Crippen molar-refractivity contribution in [2.75, 3.05) is 18.6 Å². The molecule has 1 saturated heterocycles. The van der Waals surface area contributed by atoms with Gasteiger partial charge in [-0.25, -0.2) is 8.42 Å². The fourth-order valence-electron chi connectivity index (χ4n) is 2.40. The van der Waals surface area contributed by atoms with E-state index in [0.717, 1.165) is 6.42 Å². The van der Waals surface area contributed by atoms with Gasteiger partial charge in [0.15, 0.2) is 9.84 Å². The minimum Gasteiger partial charge on any atom is -0.337 e. The fraction of sp³-hybridized carbons (Fsp3) is 0.615. The summed E-state index contributed by atoms with van der Waals surface area (Å²) in [4.78, 5) is 15.8. The molecule has 0 saturated carbocycles. The van der Waals surface area contributed by atoms with Crippen LogP contribution in [0.3, 0.4) is 0 Å². The zero-order valence-electron chi connectivity index (χ0n) is 11.5. The van der Waals surface area contributed by atoms with E-state index in [-0.39, 0.29) is 23.5 Å². The lowest BCUT2D eigenvalue weighted by Gasteiger charge is -2.22. The van der Waals surface area contributed by atoms with E-state index in [1.165, 1.54) is 21.8 Å². The average molecular weight is 301 g/mol. The van der Waals surface area contributed by atoms with Crippen molar-refractivity contribution in [3.63, 3.8) is 0 Å². The van der Waals surface area contributed by atoms with Gasteiger partial charge in [0.1, 0.15) is 0 Å². The summed E-state index contributed by atoms with van der Waals surface area (Å²) < 4.78 is 22.9. The van der Waals surface area contributed by atoms with E-state index >= 15 is 0 Å². The van der Waals surface area contributed by atoms with Crippen molar-refractivity contribution >= 4 is 27.1 Å². The third kappa shape index (κ3) is 3.00. The Morgan fingerprint density at radius 2 is 2.21 bits per heavy atom. The quantitative estimate of drug-likeness (QED) is 0.856. The second-order valence-electron chi connectivity index (χ2n) is 5.02. The largest absolute Gasteiger partial charge is 0.337 e. The minimum absolute atomic E-state index is 0.0603. The van der Waals surface area contributed by atoms with Crippen LogP contribution in [0.15, 0.2) is 6.07 Å². The Morgan fingerprint density at radius 1 is 1.53 bits per heavy atom. The van der Waals surface area contributed by atoms with Gasteiger partial charge in [0.05, 0.1) is 16.4 Å². The molecule has 6 heteroatoms. The van der Waals surface area contributed by atoms with Crippen molar-refractivity contribution in [3.8, 4) is 0 Å². The predicted molar refractivity (Wildman–Crippen MR) is 77.6 cm³/mol. The van der Waals surface area contributed by atoms with E-state index in [1.54, 1.807) is 11.9 Å². The summed E-state index contributed by atoms with van der Waals surface area (Å²) in [6.45, 7) is 4.08. The number of hydrogen-bond acceptors (Lipinski definition) is 4. The van der Waals surface area contributed by atoms with Crippen LogP contribution in [-0.4, -0.2) is 43.8 Å². The molecule has 0 aliphatic carbocycles. The molecule has 4 nitrogen and oxygen atoms in total. The molecular formula is C13H19NO3S2. The summed E-state index contributed by atoms with van der Waals surface area (Å²) in [5.41, 5.74) is 1.20. The number of carbonyl (C=O) groups excluding carboxylic acids is 1. The van der Waals surface area contributed by atoms with Crippen LogP contribution in [0, 0.1) is 6.92 Å². The van der Waals surface area contributed by atoms with Crippen LogP contribution in [0.25, 0.3) is 0 Å². The molecule has 1 aromatic heterocycles. The predicted octanol–water partition coefficient (Wildman–Crippen LogP) is 1.88. The maximum absolute atomic E-state index is 12.4. The molecule has 106 valence electrons. The van der Waals surface area contributed by atoms with Gasteiger partial charge in [-0.05, 0) is 31.4 Å². The highest BCUT2D eigenvalue weighted by atomic mass is 32.2. The zero-order chi connectivity index (χ0) is 14.2. The van der Waals surface area contributed by atoms with E-state index in [0.29, 0.717) is 11.3 Å². The molecule has 2 rings (SSSR count). The maximum atomic E-state index is 12.4. The Bertz CT molecular complexity index is 589. The second-order valence-corrected chi connectivity index (χ2v) is 8.50. The Hall–Kier alpha value is -0.880. The monoisotopic (exact) mass is 301 g/mol. The number of aryl methyl sites for hydroxylation is 2. The molecule has 0 bridgehead atoms. The summed E-state index contributed by atoms with van der Waals surface area (Å²) >= 11 is 1.49. The first kappa shape index (κ1) is 14.5. The van der Waals surface area contributed by atoms with Crippen LogP contribution >= 0.6 is 11.3 Å². The second kappa shape index (κ2) is 5.25. The molecule has 0 N–H and O–H groups in total. The summed E-state index contributed by atoms with van der Waals surface area (Å²) in [5, 5.41) is 0. The van der Waals surface area contributed by atoms with Crippen molar-refractivity contribution in [3.05, 3.63) is 21.4 Å². The number of amides is 1. The SMILES string of the molecule is CCc1cc(C(=O)N(C)[C@@H]2CCS(=O)(=O)C2)sc1C. The highest BCUT2D eigenvalue weighted by molar-refractivity contribution is 7.91.